The lowest BCUT2D eigenvalue weighted by Crippen LogP contribution is -2.34. The molecule has 0 spiro atoms. The van der Waals surface area contributed by atoms with Gasteiger partial charge in [-0.05, 0) is 12.1 Å². The second kappa shape index (κ2) is 6.62. The van der Waals surface area contributed by atoms with Crippen molar-refractivity contribution in [1.82, 2.24) is 24.7 Å². The summed E-state index contributed by atoms with van der Waals surface area (Å²) in [4.78, 5) is 10.5. The molecule has 3 aromatic rings. The standard InChI is InChI=1S/C16H14F3N7/c17-11-6-13(19)12(18)5-10(11)7-21-16-20-2-1-14(23-16)25-3-4-26-9-22-24-15(26)8-25/h1-2,5-6,9H,3-4,7-8H2,(H,20,21,23). The minimum absolute atomic E-state index is 0.0102. The zero-order valence-electron chi connectivity index (χ0n) is 13.5. The van der Waals surface area contributed by atoms with Crippen molar-refractivity contribution in [3.8, 4) is 0 Å². The Morgan fingerprint density at radius 3 is 2.81 bits per heavy atom. The van der Waals surface area contributed by atoms with E-state index in [1.807, 2.05) is 9.47 Å². The minimum atomic E-state index is -1.22. The molecule has 3 heterocycles. The second-order valence-corrected chi connectivity index (χ2v) is 5.81. The number of halogens is 3. The van der Waals surface area contributed by atoms with Gasteiger partial charge in [-0.1, -0.05) is 0 Å². The molecule has 0 atom stereocenters. The molecule has 1 N–H and O–H groups in total. The third-order valence-corrected chi connectivity index (χ3v) is 4.13. The van der Waals surface area contributed by atoms with Gasteiger partial charge in [0.05, 0.1) is 6.54 Å². The summed E-state index contributed by atoms with van der Waals surface area (Å²) in [6.07, 6.45) is 3.27. The maximum absolute atomic E-state index is 13.7. The van der Waals surface area contributed by atoms with E-state index in [1.54, 1.807) is 18.6 Å². The third-order valence-electron chi connectivity index (χ3n) is 4.13. The van der Waals surface area contributed by atoms with E-state index in [2.05, 4.69) is 25.5 Å². The molecule has 134 valence electrons. The maximum atomic E-state index is 13.7. The first-order valence-corrected chi connectivity index (χ1v) is 7.92. The molecule has 0 saturated carbocycles. The molecule has 0 radical (unpaired) electrons. The average molecular weight is 361 g/mol. The minimum Gasteiger partial charge on any atom is -0.350 e. The first-order valence-electron chi connectivity index (χ1n) is 7.92. The fourth-order valence-electron chi connectivity index (χ4n) is 2.75. The quantitative estimate of drug-likeness (QED) is 0.718. The summed E-state index contributed by atoms with van der Waals surface area (Å²) < 4.78 is 41.9. The second-order valence-electron chi connectivity index (χ2n) is 5.81. The zero-order chi connectivity index (χ0) is 18.1. The zero-order valence-corrected chi connectivity index (χ0v) is 13.5. The summed E-state index contributed by atoms with van der Waals surface area (Å²) in [6, 6.07) is 3.10. The molecule has 0 aliphatic carbocycles. The molecule has 0 saturated heterocycles. The van der Waals surface area contributed by atoms with Gasteiger partial charge in [0.2, 0.25) is 5.95 Å². The van der Waals surface area contributed by atoms with E-state index >= 15 is 0 Å². The van der Waals surface area contributed by atoms with Gasteiger partial charge in [-0.2, -0.15) is 4.98 Å². The molecular formula is C16H14F3N7. The van der Waals surface area contributed by atoms with Crippen molar-refractivity contribution in [2.24, 2.45) is 0 Å². The van der Waals surface area contributed by atoms with E-state index in [-0.39, 0.29) is 18.1 Å². The predicted octanol–water partition coefficient (Wildman–Crippen LogP) is 2.12. The van der Waals surface area contributed by atoms with E-state index in [0.29, 0.717) is 18.4 Å². The molecule has 1 aliphatic heterocycles. The van der Waals surface area contributed by atoms with E-state index in [0.717, 1.165) is 25.0 Å². The first-order chi connectivity index (χ1) is 12.6. The molecule has 0 fully saturated rings. The van der Waals surface area contributed by atoms with E-state index in [1.165, 1.54) is 0 Å². The molecule has 0 unspecified atom stereocenters. The normalized spacial score (nSPS) is 13.6. The molecule has 4 rings (SSSR count). The van der Waals surface area contributed by atoms with Crippen molar-refractivity contribution in [2.45, 2.75) is 19.6 Å². The van der Waals surface area contributed by atoms with Gasteiger partial charge in [-0.3, -0.25) is 0 Å². The van der Waals surface area contributed by atoms with E-state index < -0.39 is 17.5 Å². The number of aromatic nitrogens is 5. The number of hydrogen-bond donors (Lipinski definition) is 1. The number of benzene rings is 1. The van der Waals surface area contributed by atoms with Crippen LogP contribution in [0.2, 0.25) is 0 Å². The lowest BCUT2D eigenvalue weighted by atomic mass is 10.2. The smallest absolute Gasteiger partial charge is 0.224 e. The van der Waals surface area contributed by atoms with Crippen LogP contribution in [0.1, 0.15) is 11.4 Å². The van der Waals surface area contributed by atoms with Crippen LogP contribution in [0, 0.1) is 17.5 Å². The Hall–Kier alpha value is -3.17. The Labute approximate surface area is 146 Å². The molecule has 2 aromatic heterocycles. The molecule has 7 nitrogen and oxygen atoms in total. The predicted molar refractivity (Wildman–Crippen MR) is 86.7 cm³/mol. The Kier molecular flexibility index (Phi) is 4.15. The highest BCUT2D eigenvalue weighted by Crippen LogP contribution is 2.19. The van der Waals surface area contributed by atoms with E-state index in [4.69, 9.17) is 0 Å². The molecule has 10 heteroatoms. The Morgan fingerprint density at radius 1 is 1.08 bits per heavy atom. The van der Waals surface area contributed by atoms with Gasteiger partial charge >= 0.3 is 0 Å². The molecule has 1 aliphatic rings. The van der Waals surface area contributed by atoms with Crippen LogP contribution >= 0.6 is 0 Å². The Balaban J connectivity index is 1.48. The lowest BCUT2D eigenvalue weighted by Gasteiger charge is -2.28. The van der Waals surface area contributed by atoms with Crippen LogP contribution < -0.4 is 10.2 Å². The van der Waals surface area contributed by atoms with Gasteiger partial charge in [0.25, 0.3) is 0 Å². The van der Waals surface area contributed by atoms with Crippen molar-refractivity contribution >= 4 is 11.8 Å². The number of nitrogens with one attached hydrogen (secondary N) is 1. The van der Waals surface area contributed by atoms with Crippen LogP contribution in [0.4, 0.5) is 24.9 Å². The van der Waals surface area contributed by atoms with Crippen molar-refractivity contribution in [3.63, 3.8) is 0 Å². The number of anilines is 2. The molecule has 0 bridgehead atoms. The Bertz CT molecular complexity index is 943. The summed E-state index contributed by atoms with van der Waals surface area (Å²) in [5, 5.41) is 10.8. The third kappa shape index (κ3) is 3.17. The summed E-state index contributed by atoms with van der Waals surface area (Å²) >= 11 is 0. The van der Waals surface area contributed by atoms with Crippen LogP contribution in [0.3, 0.4) is 0 Å². The summed E-state index contributed by atoms with van der Waals surface area (Å²) in [5.74, 6) is -1.37. The van der Waals surface area contributed by atoms with Gasteiger partial charge in [0.1, 0.15) is 18.0 Å². The van der Waals surface area contributed by atoms with Crippen LogP contribution in [-0.2, 0) is 19.6 Å². The average Bonchev–Trinajstić information content (AvgIpc) is 3.11. The van der Waals surface area contributed by atoms with Crippen LogP contribution in [0.15, 0.2) is 30.7 Å². The van der Waals surface area contributed by atoms with Crippen molar-refractivity contribution in [3.05, 3.63) is 59.6 Å². The monoisotopic (exact) mass is 361 g/mol. The van der Waals surface area contributed by atoms with Gasteiger partial charge < -0.3 is 14.8 Å². The largest absolute Gasteiger partial charge is 0.350 e. The topological polar surface area (TPSA) is 71.8 Å². The summed E-state index contributed by atoms with van der Waals surface area (Å²) in [6.45, 7) is 1.98. The molecule has 1 aromatic carbocycles. The van der Waals surface area contributed by atoms with Crippen LogP contribution in [0.5, 0.6) is 0 Å². The highest BCUT2D eigenvalue weighted by molar-refractivity contribution is 5.43. The van der Waals surface area contributed by atoms with Gasteiger partial charge in [0.15, 0.2) is 17.5 Å². The highest BCUT2D eigenvalue weighted by Gasteiger charge is 2.19. The Morgan fingerprint density at radius 2 is 1.92 bits per heavy atom. The van der Waals surface area contributed by atoms with Crippen molar-refractivity contribution in [2.75, 3.05) is 16.8 Å². The number of rotatable bonds is 4. The molecular weight excluding hydrogens is 347 g/mol. The number of fused-ring (bicyclic) bond motifs is 1. The fraction of sp³-hybridized carbons (Fsp3) is 0.250. The van der Waals surface area contributed by atoms with E-state index in [9.17, 15) is 13.2 Å². The first kappa shape index (κ1) is 16.3. The van der Waals surface area contributed by atoms with Gasteiger partial charge in [-0.25, -0.2) is 18.2 Å². The summed E-state index contributed by atoms with van der Waals surface area (Å²) in [5.41, 5.74) is -0.0102. The number of nitrogens with zero attached hydrogens (tertiary/aromatic N) is 6. The van der Waals surface area contributed by atoms with Crippen LogP contribution in [0.25, 0.3) is 0 Å². The van der Waals surface area contributed by atoms with Crippen molar-refractivity contribution < 1.29 is 13.2 Å². The summed E-state index contributed by atoms with van der Waals surface area (Å²) in [7, 11) is 0. The highest BCUT2D eigenvalue weighted by atomic mass is 19.2. The SMILES string of the molecule is Fc1cc(F)c(CNc2nccc(N3CCn4cnnc4C3)n2)cc1F. The van der Waals surface area contributed by atoms with Gasteiger partial charge in [0, 0.05) is 37.5 Å². The van der Waals surface area contributed by atoms with Gasteiger partial charge in [-0.15, -0.1) is 10.2 Å². The molecule has 26 heavy (non-hydrogen) atoms. The molecule has 0 amide bonds. The van der Waals surface area contributed by atoms with Crippen LogP contribution in [-0.4, -0.2) is 31.3 Å². The van der Waals surface area contributed by atoms with Crippen molar-refractivity contribution in [1.29, 1.82) is 0 Å². The fourth-order valence-corrected chi connectivity index (χ4v) is 2.75. The lowest BCUT2D eigenvalue weighted by molar-refractivity contribution is 0.490. The number of hydrogen-bond acceptors (Lipinski definition) is 6. The maximum Gasteiger partial charge on any atom is 0.224 e.